The first kappa shape index (κ1) is 12.9. The van der Waals surface area contributed by atoms with Gasteiger partial charge in [-0.15, -0.1) is 0 Å². The third-order valence-corrected chi connectivity index (χ3v) is 3.45. The van der Waals surface area contributed by atoms with E-state index in [2.05, 4.69) is 12.1 Å². The molecule has 0 aromatic heterocycles. The standard InChI is InChI=1S/C17H17NO2/c19-12-11-15-16(13-7-3-1-4-8-13)18-17(20-15)14-9-5-2-6-10-14/h1-10,15-16,19H,11-12H2/t15?,16-/m0/s1. The topological polar surface area (TPSA) is 41.8 Å². The molecule has 0 saturated heterocycles. The van der Waals surface area contributed by atoms with Gasteiger partial charge in [-0.1, -0.05) is 48.5 Å². The smallest absolute Gasteiger partial charge is 0.217 e. The Morgan fingerprint density at radius 3 is 2.25 bits per heavy atom. The summed E-state index contributed by atoms with van der Waals surface area (Å²) in [6.07, 6.45) is 0.483. The second-order valence-corrected chi connectivity index (χ2v) is 4.82. The number of rotatable bonds is 4. The van der Waals surface area contributed by atoms with Crippen molar-refractivity contribution in [2.75, 3.05) is 6.61 Å². The predicted molar refractivity (Wildman–Crippen MR) is 78.7 cm³/mol. The molecule has 1 aliphatic rings. The first-order valence-electron chi connectivity index (χ1n) is 6.84. The van der Waals surface area contributed by atoms with Gasteiger partial charge in [0.05, 0.1) is 0 Å². The zero-order valence-corrected chi connectivity index (χ0v) is 11.1. The van der Waals surface area contributed by atoms with Gasteiger partial charge in [0.15, 0.2) is 0 Å². The normalized spacial score (nSPS) is 21.4. The summed E-state index contributed by atoms with van der Waals surface area (Å²) in [5.74, 6) is 0.665. The highest BCUT2D eigenvalue weighted by Gasteiger charge is 2.32. The molecule has 0 fully saturated rings. The molecule has 2 atom stereocenters. The van der Waals surface area contributed by atoms with Crippen LogP contribution in [0.1, 0.15) is 23.6 Å². The summed E-state index contributed by atoms with van der Waals surface area (Å²) in [4.78, 5) is 4.71. The minimum atomic E-state index is -0.0994. The molecule has 3 rings (SSSR count). The third kappa shape index (κ3) is 2.58. The molecule has 2 aromatic carbocycles. The fraction of sp³-hybridized carbons (Fsp3) is 0.235. The summed E-state index contributed by atoms with van der Waals surface area (Å²) in [5.41, 5.74) is 2.10. The minimum Gasteiger partial charge on any atom is -0.471 e. The van der Waals surface area contributed by atoms with Crippen molar-refractivity contribution in [2.24, 2.45) is 4.99 Å². The van der Waals surface area contributed by atoms with Crippen molar-refractivity contribution >= 4 is 5.90 Å². The van der Waals surface area contributed by atoms with E-state index < -0.39 is 0 Å². The van der Waals surface area contributed by atoms with Crippen LogP contribution >= 0.6 is 0 Å². The van der Waals surface area contributed by atoms with Crippen LogP contribution in [0.2, 0.25) is 0 Å². The SMILES string of the molecule is OCCC1OC(c2ccccc2)=N[C@H]1c1ccccc1. The Balaban J connectivity index is 1.91. The molecule has 1 unspecified atom stereocenters. The van der Waals surface area contributed by atoms with Gasteiger partial charge in [-0.2, -0.15) is 0 Å². The van der Waals surface area contributed by atoms with Crippen molar-refractivity contribution < 1.29 is 9.84 Å². The van der Waals surface area contributed by atoms with Gasteiger partial charge in [0.25, 0.3) is 0 Å². The lowest BCUT2D eigenvalue weighted by molar-refractivity contribution is 0.146. The predicted octanol–water partition coefficient (Wildman–Crippen LogP) is 2.96. The molecule has 0 bridgehead atoms. The van der Waals surface area contributed by atoms with Crippen LogP contribution in [-0.4, -0.2) is 23.7 Å². The fourth-order valence-electron chi connectivity index (χ4n) is 2.45. The maximum atomic E-state index is 9.22. The Morgan fingerprint density at radius 1 is 0.950 bits per heavy atom. The van der Waals surface area contributed by atoms with Crippen molar-refractivity contribution in [3.63, 3.8) is 0 Å². The largest absolute Gasteiger partial charge is 0.471 e. The lowest BCUT2D eigenvalue weighted by Crippen LogP contribution is -2.18. The zero-order chi connectivity index (χ0) is 13.8. The van der Waals surface area contributed by atoms with Gasteiger partial charge in [0, 0.05) is 18.6 Å². The summed E-state index contributed by atoms with van der Waals surface area (Å²) in [6, 6.07) is 19.9. The molecule has 1 aliphatic heterocycles. The van der Waals surface area contributed by atoms with Gasteiger partial charge in [-0.3, -0.25) is 0 Å². The Labute approximate surface area is 118 Å². The number of aliphatic hydroxyl groups excluding tert-OH is 1. The molecule has 0 aliphatic carbocycles. The van der Waals surface area contributed by atoms with Crippen molar-refractivity contribution in [1.29, 1.82) is 0 Å². The number of hydrogen-bond donors (Lipinski definition) is 1. The van der Waals surface area contributed by atoms with E-state index >= 15 is 0 Å². The Hall–Kier alpha value is -2.13. The molecule has 0 saturated carbocycles. The van der Waals surface area contributed by atoms with Crippen molar-refractivity contribution in [3.05, 3.63) is 71.8 Å². The Kier molecular flexibility index (Phi) is 3.79. The summed E-state index contributed by atoms with van der Waals surface area (Å²) in [7, 11) is 0. The number of ether oxygens (including phenoxy) is 1. The molecule has 2 aromatic rings. The first-order chi connectivity index (χ1) is 9.88. The number of aliphatic imine (C=N–C) groups is 1. The summed E-state index contributed by atoms with van der Waals surface area (Å²) in [5, 5.41) is 9.22. The second-order valence-electron chi connectivity index (χ2n) is 4.82. The van der Waals surface area contributed by atoms with E-state index in [0.29, 0.717) is 12.3 Å². The van der Waals surface area contributed by atoms with Crippen molar-refractivity contribution in [3.8, 4) is 0 Å². The van der Waals surface area contributed by atoms with E-state index in [4.69, 9.17) is 9.73 Å². The van der Waals surface area contributed by atoms with Gasteiger partial charge in [0.2, 0.25) is 5.90 Å². The minimum absolute atomic E-state index is 0.0430. The fourth-order valence-corrected chi connectivity index (χ4v) is 2.45. The van der Waals surface area contributed by atoms with Gasteiger partial charge < -0.3 is 9.84 Å². The van der Waals surface area contributed by atoms with E-state index in [0.717, 1.165) is 11.1 Å². The zero-order valence-electron chi connectivity index (χ0n) is 11.1. The Bertz CT molecular complexity index is 580. The molecule has 102 valence electrons. The molecule has 1 N–H and O–H groups in total. The number of benzene rings is 2. The molecule has 1 heterocycles. The quantitative estimate of drug-likeness (QED) is 0.925. The van der Waals surface area contributed by atoms with Crippen LogP contribution < -0.4 is 0 Å². The van der Waals surface area contributed by atoms with E-state index in [1.807, 2.05) is 48.5 Å². The molecular formula is C17H17NO2. The van der Waals surface area contributed by atoms with E-state index in [-0.39, 0.29) is 18.8 Å². The van der Waals surface area contributed by atoms with Gasteiger partial charge in [0.1, 0.15) is 12.1 Å². The van der Waals surface area contributed by atoms with Crippen LogP contribution in [0.3, 0.4) is 0 Å². The van der Waals surface area contributed by atoms with Crippen LogP contribution in [0.15, 0.2) is 65.7 Å². The third-order valence-electron chi connectivity index (χ3n) is 3.45. The number of hydrogen-bond acceptors (Lipinski definition) is 3. The van der Waals surface area contributed by atoms with Crippen LogP contribution in [0.4, 0.5) is 0 Å². The van der Waals surface area contributed by atoms with Crippen LogP contribution in [-0.2, 0) is 4.74 Å². The van der Waals surface area contributed by atoms with E-state index in [1.165, 1.54) is 0 Å². The highest BCUT2D eigenvalue weighted by atomic mass is 16.5. The lowest BCUT2D eigenvalue weighted by Gasteiger charge is -2.16. The highest BCUT2D eigenvalue weighted by Crippen LogP contribution is 2.32. The number of aliphatic hydroxyl groups is 1. The van der Waals surface area contributed by atoms with Crippen LogP contribution in [0, 0.1) is 0 Å². The molecule has 20 heavy (non-hydrogen) atoms. The van der Waals surface area contributed by atoms with E-state index in [9.17, 15) is 5.11 Å². The van der Waals surface area contributed by atoms with Gasteiger partial charge in [-0.05, 0) is 17.7 Å². The van der Waals surface area contributed by atoms with E-state index in [1.54, 1.807) is 0 Å². The summed E-state index contributed by atoms with van der Waals surface area (Å²) >= 11 is 0. The average molecular weight is 267 g/mol. The van der Waals surface area contributed by atoms with Gasteiger partial charge in [-0.25, -0.2) is 4.99 Å². The average Bonchev–Trinajstić information content (AvgIpc) is 2.94. The molecule has 0 spiro atoms. The van der Waals surface area contributed by atoms with Crippen molar-refractivity contribution in [2.45, 2.75) is 18.6 Å². The summed E-state index contributed by atoms with van der Waals surface area (Å²) < 4.78 is 5.94. The molecular weight excluding hydrogens is 250 g/mol. The van der Waals surface area contributed by atoms with Crippen molar-refractivity contribution in [1.82, 2.24) is 0 Å². The molecule has 0 amide bonds. The number of nitrogens with zero attached hydrogens (tertiary/aromatic N) is 1. The Morgan fingerprint density at radius 2 is 1.60 bits per heavy atom. The van der Waals surface area contributed by atoms with Crippen LogP contribution in [0.25, 0.3) is 0 Å². The highest BCUT2D eigenvalue weighted by molar-refractivity contribution is 5.95. The van der Waals surface area contributed by atoms with Gasteiger partial charge >= 0.3 is 0 Å². The first-order valence-corrected chi connectivity index (χ1v) is 6.84. The maximum Gasteiger partial charge on any atom is 0.217 e. The summed E-state index contributed by atoms with van der Waals surface area (Å²) in [6.45, 7) is 0.103. The second kappa shape index (κ2) is 5.88. The maximum absolute atomic E-state index is 9.22. The molecule has 0 radical (unpaired) electrons. The van der Waals surface area contributed by atoms with Crippen LogP contribution in [0.5, 0.6) is 0 Å². The lowest BCUT2D eigenvalue weighted by atomic mass is 10.0. The molecule has 3 nitrogen and oxygen atoms in total. The monoisotopic (exact) mass is 267 g/mol. The molecule has 3 heteroatoms.